The first-order chi connectivity index (χ1) is 15.8. The van der Waals surface area contributed by atoms with E-state index in [-0.39, 0.29) is 18.9 Å². The number of allylic oxidation sites excluding steroid dienone is 2. The predicted molar refractivity (Wildman–Crippen MR) is 131 cm³/mol. The normalized spacial score (nSPS) is 15.7. The summed E-state index contributed by atoms with van der Waals surface area (Å²) < 4.78 is 32.6. The Morgan fingerprint density at radius 1 is 1.06 bits per heavy atom. The van der Waals surface area contributed by atoms with Crippen LogP contribution in [0.5, 0.6) is 0 Å². The molecule has 8 nitrogen and oxygen atoms in total. The minimum Gasteiger partial charge on any atom is -0.392 e. The highest BCUT2D eigenvalue weighted by molar-refractivity contribution is 7.85. The van der Waals surface area contributed by atoms with Crippen molar-refractivity contribution < 1.29 is 32.6 Å². The number of carbonyl (C=O) groups excluding carboxylic acids is 1. The number of hydrogen-bond acceptors (Lipinski definition) is 6. The number of ketones is 1. The summed E-state index contributed by atoms with van der Waals surface area (Å²) in [5.74, 6) is -0.370. The third kappa shape index (κ3) is 13.9. The smallest absolute Gasteiger partial charge is 0.316 e. The minimum atomic E-state index is -4.29. The topological polar surface area (TPSA) is 118 Å². The molecule has 9 heteroatoms. The Morgan fingerprint density at radius 2 is 1.67 bits per heavy atom. The number of aliphatic hydroxyl groups excluding tert-OH is 2. The quantitative estimate of drug-likeness (QED) is 0.104. The van der Waals surface area contributed by atoms with E-state index in [1.165, 1.54) is 44.9 Å². The van der Waals surface area contributed by atoms with E-state index in [9.17, 15) is 23.4 Å². The van der Waals surface area contributed by atoms with Crippen LogP contribution in [0.3, 0.4) is 0 Å². The molecule has 0 aromatic rings. The molecule has 192 valence electrons. The van der Waals surface area contributed by atoms with Crippen LogP contribution in [0.4, 0.5) is 0 Å². The summed E-state index contributed by atoms with van der Waals surface area (Å²) in [6, 6.07) is 0. The molecule has 0 radical (unpaired) electrons. The third-order valence-corrected chi connectivity index (χ3v) is 6.68. The van der Waals surface area contributed by atoms with Gasteiger partial charge in [-0.1, -0.05) is 64.0 Å². The number of hydrogen-bond donors (Lipinski definition) is 3. The molecule has 0 saturated heterocycles. The number of rotatable bonds is 20. The second kappa shape index (κ2) is 17.2. The molecule has 1 rings (SSSR count). The van der Waals surface area contributed by atoms with Gasteiger partial charge in [0.25, 0.3) is 10.1 Å². The van der Waals surface area contributed by atoms with E-state index >= 15 is 0 Å². The molecule has 0 bridgehead atoms. The average Bonchev–Trinajstić information content (AvgIpc) is 3.12. The molecule has 1 aliphatic rings. The zero-order valence-electron chi connectivity index (χ0n) is 20.3. The van der Waals surface area contributed by atoms with Gasteiger partial charge in [0.15, 0.2) is 0 Å². The Kier molecular flexibility index (Phi) is 15.5. The third-order valence-electron chi connectivity index (χ3n) is 5.87. The molecule has 3 N–H and O–H groups in total. The van der Waals surface area contributed by atoms with Crippen molar-refractivity contribution in [2.75, 3.05) is 38.5 Å². The maximum absolute atomic E-state index is 12.9. The highest BCUT2D eigenvalue weighted by atomic mass is 32.2. The highest BCUT2D eigenvalue weighted by Gasteiger charge is 2.36. The summed E-state index contributed by atoms with van der Waals surface area (Å²) in [5.41, 5.74) is 0. The summed E-state index contributed by atoms with van der Waals surface area (Å²) in [4.78, 5) is 14.6. The summed E-state index contributed by atoms with van der Waals surface area (Å²) in [6.45, 7) is 3.35. The number of nitrogens with zero attached hydrogens (tertiary/aromatic N) is 2. The zero-order chi connectivity index (χ0) is 24.5. The first kappa shape index (κ1) is 29.7. The van der Waals surface area contributed by atoms with E-state index in [1.807, 2.05) is 0 Å². The number of carbonyl (C=O) groups is 1. The fourth-order valence-electron chi connectivity index (χ4n) is 4.25. The lowest BCUT2D eigenvalue weighted by molar-refractivity contribution is -0.525. The Bertz CT molecular complexity index is 720. The van der Waals surface area contributed by atoms with E-state index in [0.29, 0.717) is 31.9 Å². The van der Waals surface area contributed by atoms with E-state index in [0.717, 1.165) is 25.7 Å². The molecule has 1 heterocycles. The Morgan fingerprint density at radius 3 is 2.24 bits per heavy atom. The van der Waals surface area contributed by atoms with Gasteiger partial charge in [0, 0.05) is 6.42 Å². The zero-order valence-corrected chi connectivity index (χ0v) is 21.1. The van der Waals surface area contributed by atoms with Crippen LogP contribution in [0.2, 0.25) is 0 Å². The minimum absolute atomic E-state index is 0.0440. The molecule has 33 heavy (non-hydrogen) atoms. The van der Waals surface area contributed by atoms with E-state index < -0.39 is 22.0 Å². The molecule has 1 unspecified atom stereocenters. The summed E-state index contributed by atoms with van der Waals surface area (Å²) >= 11 is 0. The van der Waals surface area contributed by atoms with Crippen molar-refractivity contribution in [3.8, 4) is 0 Å². The lowest BCUT2D eigenvalue weighted by Crippen LogP contribution is -2.40. The number of Topliss-reactive ketones (excluding diaryl/α,β-unsaturated/α-hetero) is 1. The van der Waals surface area contributed by atoms with Gasteiger partial charge in [-0.2, -0.15) is 8.42 Å². The molecule has 0 spiro atoms. The molecule has 0 aromatic heterocycles. The highest BCUT2D eigenvalue weighted by Crippen LogP contribution is 2.13. The van der Waals surface area contributed by atoms with Crippen LogP contribution in [0.15, 0.2) is 12.2 Å². The lowest BCUT2D eigenvalue weighted by Gasteiger charge is -2.13. The summed E-state index contributed by atoms with van der Waals surface area (Å²) in [6.07, 6.45) is 16.4. The van der Waals surface area contributed by atoms with Gasteiger partial charge in [0.2, 0.25) is 5.78 Å². The summed E-state index contributed by atoms with van der Waals surface area (Å²) in [7, 11) is -4.29. The van der Waals surface area contributed by atoms with Crippen molar-refractivity contribution in [1.82, 2.24) is 4.90 Å². The van der Waals surface area contributed by atoms with E-state index in [2.05, 4.69) is 19.1 Å². The maximum atomic E-state index is 12.9. The van der Waals surface area contributed by atoms with Crippen molar-refractivity contribution in [2.45, 2.75) is 90.1 Å². The Hall–Kier alpha value is -1.29. The number of aliphatic hydroxyl groups is 2. The van der Waals surface area contributed by atoms with Crippen molar-refractivity contribution in [3.63, 3.8) is 0 Å². The fourth-order valence-corrected chi connectivity index (χ4v) is 4.85. The lowest BCUT2D eigenvalue weighted by atomic mass is 10.0. The van der Waals surface area contributed by atoms with Gasteiger partial charge >= 0.3 is 5.84 Å². The largest absolute Gasteiger partial charge is 0.392 e. The van der Waals surface area contributed by atoms with Crippen LogP contribution in [-0.4, -0.2) is 88.9 Å². The van der Waals surface area contributed by atoms with Gasteiger partial charge in [0.05, 0.1) is 6.61 Å². The van der Waals surface area contributed by atoms with Crippen LogP contribution in [0, 0.1) is 0 Å². The first-order valence-corrected chi connectivity index (χ1v) is 14.2. The maximum Gasteiger partial charge on any atom is 0.316 e. The van der Waals surface area contributed by atoms with Gasteiger partial charge in [0.1, 0.15) is 38.0 Å². The van der Waals surface area contributed by atoms with Gasteiger partial charge in [-0.25, -0.2) is 0 Å². The monoisotopic (exact) mass is 489 g/mol. The van der Waals surface area contributed by atoms with Crippen LogP contribution < -0.4 is 0 Å². The standard InChI is InChI=1S/C24H44N2O6S/c1-2-3-4-5-6-7-8-9-10-11-12-13-14-15-23(29)24-25(18-19-27)16-17-26(24)20-22(28)21-33(30,31)32/h3-4,22,27-28H,2,5-21H2,1H3/p+1/b4-3+. The molecule has 1 aliphatic heterocycles. The van der Waals surface area contributed by atoms with Crippen LogP contribution in [-0.2, 0) is 14.9 Å². The molecule has 1 atom stereocenters. The van der Waals surface area contributed by atoms with Crippen LogP contribution >= 0.6 is 0 Å². The van der Waals surface area contributed by atoms with Crippen molar-refractivity contribution >= 4 is 21.7 Å². The first-order valence-electron chi connectivity index (χ1n) is 12.6. The predicted octanol–water partition coefficient (Wildman–Crippen LogP) is 2.78. The fraction of sp³-hybridized carbons (Fsp3) is 0.833. The van der Waals surface area contributed by atoms with E-state index in [4.69, 9.17) is 4.55 Å². The van der Waals surface area contributed by atoms with E-state index in [1.54, 1.807) is 9.48 Å². The molecular formula is C24H45N2O6S+. The molecule has 0 saturated carbocycles. The Labute approximate surface area is 200 Å². The summed E-state index contributed by atoms with van der Waals surface area (Å²) in [5, 5.41) is 19.3. The average molecular weight is 490 g/mol. The Balaban J connectivity index is 2.32. The SMILES string of the molecule is CC/C=C/CCCCCCCCCCCC(=O)C1=[N+](CC(O)CS(=O)(=O)O)CCN1CCO. The van der Waals surface area contributed by atoms with Gasteiger partial charge in [-0.15, -0.1) is 0 Å². The van der Waals surface area contributed by atoms with Gasteiger partial charge in [-0.3, -0.25) is 18.8 Å². The number of amidine groups is 1. The van der Waals surface area contributed by atoms with Crippen molar-refractivity contribution in [2.24, 2.45) is 0 Å². The molecular weight excluding hydrogens is 444 g/mol. The second-order valence-corrected chi connectivity index (χ2v) is 10.4. The number of β-amino-alcohol motifs (C(OH)–C–C–N with tert-alkyl or cyclic N) is 2. The van der Waals surface area contributed by atoms with Crippen LogP contribution in [0.25, 0.3) is 0 Å². The molecule has 0 fully saturated rings. The number of unbranched alkanes of at least 4 members (excludes halogenated alkanes) is 9. The van der Waals surface area contributed by atoms with Gasteiger partial charge < -0.3 is 10.2 Å². The van der Waals surface area contributed by atoms with Crippen molar-refractivity contribution in [3.05, 3.63) is 12.2 Å². The molecule has 0 aliphatic carbocycles. The van der Waals surface area contributed by atoms with Gasteiger partial charge in [-0.05, 0) is 25.7 Å². The van der Waals surface area contributed by atoms with Crippen LogP contribution in [0.1, 0.15) is 84.0 Å². The molecule has 0 amide bonds. The second-order valence-electron chi connectivity index (χ2n) is 8.91. The van der Waals surface area contributed by atoms with Crippen molar-refractivity contribution in [1.29, 1.82) is 0 Å². The molecule has 0 aromatic carbocycles.